The van der Waals surface area contributed by atoms with Crippen molar-refractivity contribution in [3.63, 3.8) is 0 Å². The molecule has 0 saturated carbocycles. The lowest BCUT2D eigenvalue weighted by Crippen LogP contribution is -2.17. The van der Waals surface area contributed by atoms with E-state index in [-0.39, 0.29) is 16.1 Å². The number of aryl methyl sites for hydroxylation is 1. The molecule has 3 rings (SSSR count). The minimum atomic E-state index is -3.94. The van der Waals surface area contributed by atoms with E-state index in [1.165, 1.54) is 24.3 Å². The smallest absolute Gasteiger partial charge is 0.261 e. The molecule has 0 spiro atoms. The Morgan fingerprint density at radius 2 is 1.69 bits per heavy atom. The number of nitrogens with one attached hydrogen (secondary N) is 2. The zero-order chi connectivity index (χ0) is 21.0. The number of amides is 1. The summed E-state index contributed by atoms with van der Waals surface area (Å²) in [6.45, 7) is 1.73. The average Bonchev–Trinajstić information content (AvgIpc) is 2.69. The minimum absolute atomic E-state index is 0.0598. The number of carbonyl (C=O) groups is 1. The van der Waals surface area contributed by atoms with E-state index < -0.39 is 21.7 Å². The predicted octanol–water partition coefficient (Wildman–Crippen LogP) is 4.91. The Hall–Kier alpha value is -2.84. The summed E-state index contributed by atoms with van der Waals surface area (Å²) in [6, 6.07) is 16.7. The molecule has 0 unspecified atom stereocenters. The van der Waals surface area contributed by atoms with Gasteiger partial charge in [-0.2, -0.15) is 0 Å². The second-order valence-electron chi connectivity index (χ2n) is 6.28. The SMILES string of the molecule is CSc1cccc(NC(=O)c2cc(S(=O)(=O)Nc3ccc(F)cc3)ccc2C)c1. The van der Waals surface area contributed by atoms with Gasteiger partial charge in [0.2, 0.25) is 0 Å². The maximum absolute atomic E-state index is 13.0. The molecule has 0 aliphatic heterocycles. The van der Waals surface area contributed by atoms with E-state index in [1.54, 1.807) is 30.8 Å². The molecular weight excluding hydrogens is 411 g/mol. The number of rotatable bonds is 6. The summed E-state index contributed by atoms with van der Waals surface area (Å²) in [6.07, 6.45) is 1.94. The van der Waals surface area contributed by atoms with Gasteiger partial charge in [0.1, 0.15) is 5.82 Å². The largest absolute Gasteiger partial charge is 0.322 e. The Balaban J connectivity index is 1.86. The maximum Gasteiger partial charge on any atom is 0.261 e. The van der Waals surface area contributed by atoms with Gasteiger partial charge in [0, 0.05) is 21.8 Å². The molecule has 29 heavy (non-hydrogen) atoms. The Morgan fingerprint density at radius 1 is 0.966 bits per heavy atom. The summed E-state index contributed by atoms with van der Waals surface area (Å²) in [5.41, 5.74) is 1.75. The third-order valence-corrected chi connectivity index (χ3v) is 6.29. The van der Waals surface area contributed by atoms with E-state index >= 15 is 0 Å². The first-order valence-electron chi connectivity index (χ1n) is 8.63. The molecule has 3 aromatic carbocycles. The third-order valence-electron chi connectivity index (χ3n) is 4.19. The zero-order valence-electron chi connectivity index (χ0n) is 15.8. The van der Waals surface area contributed by atoms with Crippen molar-refractivity contribution in [3.8, 4) is 0 Å². The molecule has 0 heterocycles. The van der Waals surface area contributed by atoms with E-state index in [2.05, 4.69) is 10.0 Å². The van der Waals surface area contributed by atoms with Crippen LogP contribution in [0.4, 0.5) is 15.8 Å². The van der Waals surface area contributed by atoms with Gasteiger partial charge in [0.15, 0.2) is 0 Å². The molecule has 1 amide bonds. The normalized spacial score (nSPS) is 11.1. The highest BCUT2D eigenvalue weighted by molar-refractivity contribution is 7.98. The van der Waals surface area contributed by atoms with E-state index in [1.807, 2.05) is 24.5 Å². The standard InChI is InChI=1S/C21H19FN2O3S2/c1-14-6-11-19(29(26,27)24-16-9-7-15(22)8-10-16)13-20(14)21(25)23-17-4-3-5-18(12-17)28-2/h3-13,24H,1-2H3,(H,23,25). The molecule has 0 atom stereocenters. The first-order chi connectivity index (χ1) is 13.8. The van der Waals surface area contributed by atoms with Crippen molar-refractivity contribution in [2.45, 2.75) is 16.7 Å². The van der Waals surface area contributed by atoms with Crippen LogP contribution in [0, 0.1) is 12.7 Å². The monoisotopic (exact) mass is 430 g/mol. The zero-order valence-corrected chi connectivity index (χ0v) is 17.4. The fourth-order valence-electron chi connectivity index (χ4n) is 2.64. The second-order valence-corrected chi connectivity index (χ2v) is 8.84. The van der Waals surface area contributed by atoms with Crippen LogP contribution in [-0.2, 0) is 10.0 Å². The van der Waals surface area contributed by atoms with Crippen molar-refractivity contribution in [1.29, 1.82) is 0 Å². The molecule has 150 valence electrons. The van der Waals surface area contributed by atoms with E-state index in [4.69, 9.17) is 0 Å². The Kier molecular flexibility index (Phi) is 6.24. The topological polar surface area (TPSA) is 75.3 Å². The molecule has 5 nitrogen and oxygen atoms in total. The molecule has 0 aromatic heterocycles. The van der Waals surface area contributed by atoms with Crippen molar-refractivity contribution in [2.75, 3.05) is 16.3 Å². The highest BCUT2D eigenvalue weighted by atomic mass is 32.2. The number of halogens is 1. The number of carbonyl (C=O) groups excluding carboxylic acids is 1. The van der Waals surface area contributed by atoms with Crippen molar-refractivity contribution in [3.05, 3.63) is 83.7 Å². The van der Waals surface area contributed by atoms with Crippen molar-refractivity contribution in [2.24, 2.45) is 0 Å². The summed E-state index contributed by atoms with van der Waals surface area (Å²) in [5.74, 6) is -0.868. The van der Waals surface area contributed by atoms with E-state index in [0.29, 0.717) is 11.3 Å². The molecule has 0 aliphatic carbocycles. The van der Waals surface area contributed by atoms with Crippen molar-refractivity contribution < 1.29 is 17.6 Å². The highest BCUT2D eigenvalue weighted by Crippen LogP contribution is 2.22. The average molecular weight is 431 g/mol. The Bertz CT molecular complexity index is 1150. The third kappa shape index (κ3) is 5.16. The summed E-state index contributed by atoms with van der Waals surface area (Å²) in [4.78, 5) is 13.7. The minimum Gasteiger partial charge on any atom is -0.322 e. The summed E-state index contributed by atoms with van der Waals surface area (Å²) in [5, 5.41) is 2.80. The van der Waals surface area contributed by atoms with Gasteiger partial charge in [-0.05, 0) is 73.3 Å². The van der Waals surface area contributed by atoms with Gasteiger partial charge in [0.05, 0.1) is 4.90 Å². The van der Waals surface area contributed by atoms with Crippen LogP contribution in [0.25, 0.3) is 0 Å². The second kappa shape index (κ2) is 8.67. The van der Waals surface area contributed by atoms with Crippen molar-refractivity contribution >= 4 is 39.1 Å². The number of hydrogen-bond acceptors (Lipinski definition) is 4. The first kappa shape index (κ1) is 20.9. The van der Waals surface area contributed by atoms with Gasteiger partial charge in [-0.15, -0.1) is 11.8 Å². The molecule has 0 saturated heterocycles. The number of thioether (sulfide) groups is 1. The molecule has 0 bridgehead atoms. The fourth-order valence-corrected chi connectivity index (χ4v) is 4.19. The highest BCUT2D eigenvalue weighted by Gasteiger charge is 2.18. The summed E-state index contributed by atoms with van der Waals surface area (Å²) < 4.78 is 40.8. The number of benzene rings is 3. The Morgan fingerprint density at radius 3 is 2.38 bits per heavy atom. The molecule has 0 aliphatic rings. The quantitative estimate of drug-likeness (QED) is 0.545. The Labute approximate surface area is 173 Å². The predicted molar refractivity (Wildman–Crippen MR) is 115 cm³/mol. The van der Waals surface area contributed by atoms with Gasteiger partial charge in [-0.25, -0.2) is 12.8 Å². The van der Waals surface area contributed by atoms with Crippen LogP contribution in [0.2, 0.25) is 0 Å². The lowest BCUT2D eigenvalue weighted by atomic mass is 10.1. The number of sulfonamides is 1. The van der Waals surface area contributed by atoms with Crippen molar-refractivity contribution in [1.82, 2.24) is 0 Å². The molecule has 0 fully saturated rings. The van der Waals surface area contributed by atoms with Gasteiger partial charge in [0.25, 0.3) is 15.9 Å². The summed E-state index contributed by atoms with van der Waals surface area (Å²) in [7, 11) is -3.94. The van der Waals surface area contributed by atoms with Crippen LogP contribution in [0.1, 0.15) is 15.9 Å². The van der Waals surface area contributed by atoms with E-state index in [9.17, 15) is 17.6 Å². The summed E-state index contributed by atoms with van der Waals surface area (Å²) >= 11 is 1.55. The van der Waals surface area contributed by atoms with Gasteiger partial charge >= 0.3 is 0 Å². The van der Waals surface area contributed by atoms with E-state index in [0.717, 1.165) is 17.0 Å². The molecule has 0 radical (unpaired) electrons. The van der Waals surface area contributed by atoms with Crippen LogP contribution in [0.15, 0.2) is 76.5 Å². The first-order valence-corrected chi connectivity index (χ1v) is 11.3. The number of hydrogen-bond donors (Lipinski definition) is 2. The number of anilines is 2. The maximum atomic E-state index is 13.0. The van der Waals surface area contributed by atoms with Crippen LogP contribution in [0.3, 0.4) is 0 Å². The van der Waals surface area contributed by atoms with Gasteiger partial charge < -0.3 is 5.32 Å². The van der Waals surface area contributed by atoms with Gasteiger partial charge in [-0.3, -0.25) is 9.52 Å². The van der Waals surface area contributed by atoms with Crippen LogP contribution < -0.4 is 10.0 Å². The molecular formula is C21H19FN2O3S2. The molecule has 8 heteroatoms. The lowest BCUT2D eigenvalue weighted by Gasteiger charge is -2.12. The van der Waals surface area contributed by atoms with Crippen LogP contribution in [-0.4, -0.2) is 20.6 Å². The van der Waals surface area contributed by atoms with Crippen LogP contribution >= 0.6 is 11.8 Å². The molecule has 2 N–H and O–H groups in total. The van der Waals surface area contributed by atoms with Gasteiger partial charge in [-0.1, -0.05) is 12.1 Å². The molecule has 3 aromatic rings. The fraction of sp³-hybridized carbons (Fsp3) is 0.0952. The lowest BCUT2D eigenvalue weighted by molar-refractivity contribution is 0.102. The van der Waals surface area contributed by atoms with Crippen LogP contribution in [0.5, 0.6) is 0 Å².